The third-order valence-corrected chi connectivity index (χ3v) is 7.43. The molecule has 1 aliphatic carbocycles. The second-order valence-electron chi connectivity index (χ2n) is 7.13. The zero-order chi connectivity index (χ0) is 20.2. The van der Waals surface area contributed by atoms with Crippen LogP contribution in [0.1, 0.15) is 17.7 Å². The van der Waals surface area contributed by atoms with Crippen LogP contribution in [-0.2, 0) is 22.9 Å². The van der Waals surface area contributed by atoms with Gasteiger partial charge in [0.2, 0.25) is 10.0 Å². The molecule has 0 amide bonds. The third kappa shape index (κ3) is 2.87. The molecular formula is C18H18F2N6O2S. The highest BCUT2D eigenvalue weighted by atomic mass is 32.2. The molecule has 152 valence electrons. The number of piperazine rings is 1. The number of anilines is 1. The number of hydrogen-bond acceptors (Lipinski definition) is 6. The van der Waals surface area contributed by atoms with Crippen molar-refractivity contribution in [2.24, 2.45) is 0 Å². The molecule has 2 aliphatic rings. The quantitative estimate of drug-likeness (QED) is 0.637. The molecule has 3 heterocycles. The SMILES string of the molecule is O=S(=O)(c1c(F)cccc1F)N1CCN(c2c3c(nc4ncnn24)CCC3)CC1. The van der Waals surface area contributed by atoms with Crippen molar-refractivity contribution >= 4 is 21.6 Å². The van der Waals surface area contributed by atoms with Gasteiger partial charge in [-0.25, -0.2) is 22.2 Å². The Labute approximate surface area is 165 Å². The van der Waals surface area contributed by atoms with E-state index in [0.29, 0.717) is 18.9 Å². The molecule has 5 rings (SSSR count). The minimum absolute atomic E-state index is 0.114. The van der Waals surface area contributed by atoms with E-state index in [1.54, 1.807) is 4.52 Å². The second-order valence-corrected chi connectivity index (χ2v) is 9.00. The molecule has 2 aromatic heterocycles. The zero-order valence-electron chi connectivity index (χ0n) is 15.4. The first-order valence-corrected chi connectivity index (χ1v) is 10.8. The van der Waals surface area contributed by atoms with Crippen molar-refractivity contribution in [1.82, 2.24) is 23.9 Å². The molecule has 1 fully saturated rings. The molecule has 0 N–H and O–H groups in total. The summed E-state index contributed by atoms with van der Waals surface area (Å²) >= 11 is 0. The number of hydrogen-bond donors (Lipinski definition) is 0. The minimum atomic E-state index is -4.26. The first-order valence-electron chi connectivity index (χ1n) is 9.37. The molecule has 0 bridgehead atoms. The average molecular weight is 420 g/mol. The molecule has 29 heavy (non-hydrogen) atoms. The fourth-order valence-corrected chi connectivity index (χ4v) is 5.66. The van der Waals surface area contributed by atoms with Crippen LogP contribution in [0.25, 0.3) is 5.78 Å². The van der Waals surface area contributed by atoms with Crippen molar-refractivity contribution in [1.29, 1.82) is 0 Å². The topological polar surface area (TPSA) is 83.7 Å². The number of rotatable bonds is 3. The van der Waals surface area contributed by atoms with Gasteiger partial charge in [0.05, 0.1) is 5.69 Å². The van der Waals surface area contributed by atoms with E-state index < -0.39 is 26.6 Å². The first-order chi connectivity index (χ1) is 14.0. The number of fused-ring (bicyclic) bond motifs is 2. The zero-order valence-corrected chi connectivity index (χ0v) is 16.2. The number of halogens is 2. The fraction of sp³-hybridized carbons (Fsp3) is 0.389. The number of aromatic nitrogens is 4. The lowest BCUT2D eigenvalue weighted by Gasteiger charge is -2.36. The molecule has 1 saturated heterocycles. The van der Waals surface area contributed by atoms with Crippen molar-refractivity contribution in [3.8, 4) is 0 Å². The molecule has 0 spiro atoms. The Bertz CT molecular complexity index is 1180. The van der Waals surface area contributed by atoms with E-state index in [-0.39, 0.29) is 13.1 Å². The monoisotopic (exact) mass is 420 g/mol. The summed E-state index contributed by atoms with van der Waals surface area (Å²) < 4.78 is 56.6. The smallest absolute Gasteiger partial charge is 0.254 e. The van der Waals surface area contributed by atoms with Crippen molar-refractivity contribution in [2.75, 3.05) is 31.1 Å². The summed E-state index contributed by atoms with van der Waals surface area (Å²) in [6.45, 7) is 0.980. The molecule has 1 aliphatic heterocycles. The lowest BCUT2D eigenvalue weighted by molar-refractivity contribution is 0.376. The van der Waals surface area contributed by atoms with Crippen LogP contribution in [0.2, 0.25) is 0 Å². The maximum absolute atomic E-state index is 14.1. The molecule has 0 radical (unpaired) electrons. The Hall–Kier alpha value is -2.66. The van der Waals surface area contributed by atoms with Gasteiger partial charge in [0.1, 0.15) is 23.8 Å². The second kappa shape index (κ2) is 6.70. The molecule has 0 saturated carbocycles. The van der Waals surface area contributed by atoms with Gasteiger partial charge < -0.3 is 4.90 Å². The largest absolute Gasteiger partial charge is 0.354 e. The van der Waals surface area contributed by atoms with Crippen molar-refractivity contribution in [2.45, 2.75) is 24.2 Å². The average Bonchev–Trinajstić information content (AvgIpc) is 3.34. The summed E-state index contributed by atoms with van der Waals surface area (Å²) in [6, 6.07) is 3.05. The Balaban J connectivity index is 1.45. The van der Waals surface area contributed by atoms with E-state index in [1.165, 1.54) is 6.33 Å². The summed E-state index contributed by atoms with van der Waals surface area (Å²) in [5, 5.41) is 4.28. The summed E-state index contributed by atoms with van der Waals surface area (Å²) in [6.07, 6.45) is 4.21. The number of nitrogens with zero attached hydrogens (tertiary/aromatic N) is 6. The lowest BCUT2D eigenvalue weighted by Crippen LogP contribution is -2.49. The van der Waals surface area contributed by atoms with Crippen molar-refractivity contribution in [3.05, 3.63) is 47.4 Å². The Kier molecular flexibility index (Phi) is 4.24. The van der Waals surface area contributed by atoms with Gasteiger partial charge in [0.25, 0.3) is 5.78 Å². The van der Waals surface area contributed by atoms with E-state index in [2.05, 4.69) is 20.0 Å². The Morgan fingerprint density at radius 1 is 1.00 bits per heavy atom. The highest BCUT2D eigenvalue weighted by Gasteiger charge is 2.34. The number of benzene rings is 1. The normalized spacial score (nSPS) is 17.8. The highest BCUT2D eigenvalue weighted by molar-refractivity contribution is 7.89. The summed E-state index contributed by atoms with van der Waals surface area (Å²) in [5.74, 6) is -0.759. The van der Waals surface area contributed by atoms with Gasteiger partial charge in [-0.3, -0.25) is 0 Å². The summed E-state index contributed by atoms with van der Waals surface area (Å²) in [4.78, 5) is 9.91. The van der Waals surface area contributed by atoms with Crippen LogP contribution in [0.4, 0.5) is 14.6 Å². The maximum atomic E-state index is 14.1. The predicted molar refractivity (Wildman–Crippen MR) is 100 cm³/mol. The Morgan fingerprint density at radius 2 is 1.72 bits per heavy atom. The van der Waals surface area contributed by atoms with E-state index in [1.807, 2.05) is 0 Å². The fourth-order valence-electron chi connectivity index (χ4n) is 4.12. The molecule has 11 heteroatoms. The van der Waals surface area contributed by atoms with Gasteiger partial charge in [-0.1, -0.05) is 6.07 Å². The van der Waals surface area contributed by atoms with Crippen LogP contribution in [-0.4, -0.2) is 58.5 Å². The van der Waals surface area contributed by atoms with Crippen LogP contribution in [0.5, 0.6) is 0 Å². The van der Waals surface area contributed by atoms with Crippen LogP contribution in [0.3, 0.4) is 0 Å². The van der Waals surface area contributed by atoms with Crippen molar-refractivity contribution < 1.29 is 17.2 Å². The first kappa shape index (κ1) is 18.4. The molecule has 1 aromatic carbocycles. The van der Waals surface area contributed by atoms with E-state index in [0.717, 1.165) is 58.8 Å². The lowest BCUT2D eigenvalue weighted by atomic mass is 10.2. The van der Waals surface area contributed by atoms with Gasteiger partial charge in [-0.15, -0.1) is 0 Å². The minimum Gasteiger partial charge on any atom is -0.354 e. The molecule has 0 unspecified atom stereocenters. The van der Waals surface area contributed by atoms with E-state index >= 15 is 0 Å². The predicted octanol–water partition coefficient (Wildman–Crippen LogP) is 1.40. The number of aryl methyl sites for hydroxylation is 1. The van der Waals surface area contributed by atoms with Crippen molar-refractivity contribution in [3.63, 3.8) is 0 Å². The van der Waals surface area contributed by atoms with Crippen LogP contribution < -0.4 is 4.90 Å². The van der Waals surface area contributed by atoms with Gasteiger partial charge >= 0.3 is 0 Å². The van der Waals surface area contributed by atoms with Crippen LogP contribution in [0.15, 0.2) is 29.4 Å². The standard InChI is InChI=1S/C18H18F2N6O2S/c19-13-4-2-5-14(20)16(13)29(27,28)25-9-7-24(8-10-25)17-12-3-1-6-15(12)23-18-21-11-22-26(17)18/h2,4-5,11H,1,3,6-10H2. The summed E-state index contributed by atoms with van der Waals surface area (Å²) in [5.41, 5.74) is 2.11. The molecular weight excluding hydrogens is 402 g/mol. The van der Waals surface area contributed by atoms with Gasteiger partial charge in [-0.05, 0) is 31.4 Å². The highest BCUT2D eigenvalue weighted by Crippen LogP contribution is 2.32. The molecule has 3 aromatic rings. The van der Waals surface area contributed by atoms with E-state index in [4.69, 9.17) is 0 Å². The number of sulfonamides is 1. The molecule has 0 atom stereocenters. The van der Waals surface area contributed by atoms with Crippen LogP contribution in [0, 0.1) is 11.6 Å². The van der Waals surface area contributed by atoms with Gasteiger partial charge in [-0.2, -0.15) is 18.9 Å². The van der Waals surface area contributed by atoms with Gasteiger partial charge in [0, 0.05) is 31.7 Å². The third-order valence-electron chi connectivity index (χ3n) is 5.48. The maximum Gasteiger partial charge on any atom is 0.254 e. The molecule has 8 nitrogen and oxygen atoms in total. The van der Waals surface area contributed by atoms with Crippen LogP contribution >= 0.6 is 0 Å². The van der Waals surface area contributed by atoms with Gasteiger partial charge in [0.15, 0.2) is 4.90 Å². The van der Waals surface area contributed by atoms with E-state index in [9.17, 15) is 17.2 Å². The summed E-state index contributed by atoms with van der Waals surface area (Å²) in [7, 11) is -4.26. The Morgan fingerprint density at radius 3 is 2.45 bits per heavy atom.